The highest BCUT2D eigenvalue weighted by atomic mass is 32.2. The molecule has 2 rings (SSSR count). The van der Waals surface area contributed by atoms with E-state index in [4.69, 9.17) is 5.73 Å². The number of benzene rings is 1. The van der Waals surface area contributed by atoms with Gasteiger partial charge in [-0.3, -0.25) is 0 Å². The van der Waals surface area contributed by atoms with Crippen molar-refractivity contribution < 1.29 is 4.39 Å². The Morgan fingerprint density at radius 1 is 1.31 bits per heavy atom. The van der Waals surface area contributed by atoms with Crippen LogP contribution in [0.15, 0.2) is 28.6 Å². The molecule has 1 aromatic carbocycles. The molecule has 2 N–H and O–H groups in total. The van der Waals surface area contributed by atoms with Crippen LogP contribution in [0.3, 0.4) is 0 Å². The number of anilines is 1. The number of nitrogens with zero attached hydrogens (tertiary/aromatic N) is 2. The largest absolute Gasteiger partial charge is 0.374 e. The van der Waals surface area contributed by atoms with Gasteiger partial charge in [0.15, 0.2) is 4.34 Å². The summed E-state index contributed by atoms with van der Waals surface area (Å²) in [5.74, 6) is -0.221. The molecule has 0 fully saturated rings. The zero-order chi connectivity index (χ0) is 11.5. The molecule has 1 atom stereocenters. The fourth-order valence-corrected chi connectivity index (χ4v) is 3.13. The Morgan fingerprint density at radius 3 is 2.56 bits per heavy atom. The number of nitrogens with two attached hydrogens (primary N) is 1. The number of thioether (sulfide) groups is 1. The van der Waals surface area contributed by atoms with Gasteiger partial charge in [0.2, 0.25) is 5.13 Å². The summed E-state index contributed by atoms with van der Waals surface area (Å²) in [6.45, 7) is 2.04. The van der Waals surface area contributed by atoms with Crippen LogP contribution in [-0.2, 0) is 0 Å². The highest BCUT2D eigenvalue weighted by Crippen LogP contribution is 2.36. The molecule has 84 valence electrons. The number of nitrogen functional groups attached to an aromatic ring is 1. The number of aromatic nitrogens is 2. The lowest BCUT2D eigenvalue weighted by Gasteiger charge is -2.08. The molecule has 0 spiro atoms. The van der Waals surface area contributed by atoms with E-state index in [2.05, 4.69) is 10.2 Å². The molecule has 0 unspecified atom stereocenters. The standard InChI is InChI=1S/C10H10FN3S2/c1-6(7-2-4-8(11)5-3-7)15-10-14-13-9(12)16-10/h2-6H,1H3,(H2,12,13)/t6-/m1/s1. The first kappa shape index (κ1) is 11.3. The van der Waals surface area contributed by atoms with E-state index in [1.165, 1.54) is 23.5 Å². The van der Waals surface area contributed by atoms with Gasteiger partial charge in [-0.05, 0) is 24.6 Å². The third-order valence-corrected chi connectivity index (χ3v) is 4.03. The number of hydrogen-bond donors (Lipinski definition) is 1. The summed E-state index contributed by atoms with van der Waals surface area (Å²) in [7, 11) is 0. The summed E-state index contributed by atoms with van der Waals surface area (Å²) in [5, 5.41) is 8.34. The topological polar surface area (TPSA) is 51.8 Å². The third kappa shape index (κ3) is 2.70. The van der Waals surface area contributed by atoms with Crippen molar-refractivity contribution in [2.75, 3.05) is 5.73 Å². The molecule has 0 aliphatic carbocycles. The van der Waals surface area contributed by atoms with Gasteiger partial charge in [0.05, 0.1) is 0 Å². The summed E-state index contributed by atoms with van der Waals surface area (Å²) in [4.78, 5) is 0. The van der Waals surface area contributed by atoms with E-state index in [-0.39, 0.29) is 11.1 Å². The van der Waals surface area contributed by atoms with Gasteiger partial charge >= 0.3 is 0 Å². The van der Waals surface area contributed by atoms with E-state index in [1.807, 2.05) is 6.92 Å². The number of rotatable bonds is 3. The van der Waals surface area contributed by atoms with Crippen molar-refractivity contribution >= 4 is 28.2 Å². The first-order chi connectivity index (χ1) is 7.65. The van der Waals surface area contributed by atoms with E-state index in [9.17, 15) is 4.39 Å². The van der Waals surface area contributed by atoms with Gasteiger partial charge in [0.25, 0.3) is 0 Å². The second-order valence-corrected chi connectivity index (χ2v) is 5.81. The van der Waals surface area contributed by atoms with Crippen LogP contribution in [0.2, 0.25) is 0 Å². The zero-order valence-corrected chi connectivity index (χ0v) is 10.2. The lowest BCUT2D eigenvalue weighted by atomic mass is 10.2. The summed E-state index contributed by atoms with van der Waals surface area (Å²) >= 11 is 2.92. The second-order valence-electron chi connectivity index (χ2n) is 3.22. The molecular formula is C10H10FN3S2. The van der Waals surface area contributed by atoms with Crippen molar-refractivity contribution in [3.63, 3.8) is 0 Å². The molecule has 0 saturated carbocycles. The molecule has 1 heterocycles. The molecule has 0 aliphatic heterocycles. The van der Waals surface area contributed by atoms with Gasteiger partial charge in [-0.25, -0.2) is 4.39 Å². The van der Waals surface area contributed by atoms with Crippen LogP contribution in [0.1, 0.15) is 17.7 Å². The van der Waals surface area contributed by atoms with Crippen LogP contribution in [-0.4, -0.2) is 10.2 Å². The molecule has 0 radical (unpaired) electrons. The highest BCUT2D eigenvalue weighted by molar-refractivity contribution is 8.01. The van der Waals surface area contributed by atoms with Crippen molar-refractivity contribution in [2.24, 2.45) is 0 Å². The van der Waals surface area contributed by atoms with Gasteiger partial charge in [-0.1, -0.05) is 35.2 Å². The SMILES string of the molecule is C[C@@H](Sc1nnc(N)s1)c1ccc(F)cc1. The molecular weight excluding hydrogens is 245 g/mol. The van der Waals surface area contributed by atoms with E-state index in [0.29, 0.717) is 5.13 Å². The first-order valence-electron chi connectivity index (χ1n) is 4.66. The molecule has 0 aliphatic rings. The minimum absolute atomic E-state index is 0.202. The summed E-state index contributed by atoms with van der Waals surface area (Å²) in [6, 6.07) is 6.47. The fraction of sp³-hybridized carbons (Fsp3) is 0.200. The van der Waals surface area contributed by atoms with Crippen molar-refractivity contribution in [3.05, 3.63) is 35.6 Å². The summed E-state index contributed by atoms with van der Waals surface area (Å²) < 4.78 is 13.6. The second kappa shape index (κ2) is 4.80. The average molecular weight is 255 g/mol. The molecule has 16 heavy (non-hydrogen) atoms. The maximum Gasteiger partial charge on any atom is 0.203 e. The van der Waals surface area contributed by atoms with Gasteiger partial charge in [0.1, 0.15) is 5.82 Å². The minimum Gasteiger partial charge on any atom is -0.374 e. The predicted molar refractivity (Wildman–Crippen MR) is 65.0 cm³/mol. The van der Waals surface area contributed by atoms with E-state index in [1.54, 1.807) is 23.9 Å². The number of hydrogen-bond acceptors (Lipinski definition) is 5. The van der Waals surface area contributed by atoms with E-state index >= 15 is 0 Å². The average Bonchev–Trinajstić information content (AvgIpc) is 2.65. The van der Waals surface area contributed by atoms with Crippen molar-refractivity contribution in [3.8, 4) is 0 Å². The lowest BCUT2D eigenvalue weighted by molar-refractivity contribution is 0.627. The highest BCUT2D eigenvalue weighted by Gasteiger charge is 2.10. The smallest absolute Gasteiger partial charge is 0.203 e. The van der Waals surface area contributed by atoms with Crippen LogP contribution in [0.25, 0.3) is 0 Å². The predicted octanol–water partition coefficient (Wildman–Crippen LogP) is 3.11. The molecule has 0 saturated heterocycles. The Bertz CT molecular complexity index is 469. The van der Waals surface area contributed by atoms with Gasteiger partial charge < -0.3 is 5.73 Å². The van der Waals surface area contributed by atoms with Crippen molar-refractivity contribution in [2.45, 2.75) is 16.5 Å². The summed E-state index contributed by atoms with van der Waals surface area (Å²) in [6.07, 6.45) is 0. The van der Waals surface area contributed by atoms with Crippen LogP contribution in [0, 0.1) is 5.82 Å². The van der Waals surface area contributed by atoms with Gasteiger partial charge in [-0.15, -0.1) is 10.2 Å². The molecule has 6 heteroatoms. The van der Waals surface area contributed by atoms with Crippen molar-refractivity contribution in [1.82, 2.24) is 10.2 Å². The first-order valence-corrected chi connectivity index (χ1v) is 6.36. The Balaban J connectivity index is 2.08. The van der Waals surface area contributed by atoms with Crippen LogP contribution < -0.4 is 5.73 Å². The quantitative estimate of drug-likeness (QED) is 0.856. The normalized spacial score (nSPS) is 12.6. The lowest BCUT2D eigenvalue weighted by Crippen LogP contribution is -1.88. The Kier molecular flexibility index (Phi) is 3.40. The minimum atomic E-state index is -0.221. The third-order valence-electron chi connectivity index (χ3n) is 2.04. The van der Waals surface area contributed by atoms with Crippen molar-refractivity contribution in [1.29, 1.82) is 0 Å². The maximum absolute atomic E-state index is 12.7. The fourth-order valence-electron chi connectivity index (χ4n) is 1.22. The monoisotopic (exact) mass is 255 g/mol. The number of halogens is 1. The molecule has 1 aromatic heterocycles. The van der Waals surface area contributed by atoms with Crippen LogP contribution >= 0.6 is 23.1 Å². The molecule has 0 bridgehead atoms. The van der Waals surface area contributed by atoms with Crippen LogP contribution in [0.4, 0.5) is 9.52 Å². The Hall–Kier alpha value is -1.14. The Morgan fingerprint density at radius 2 is 2.00 bits per heavy atom. The molecule has 3 nitrogen and oxygen atoms in total. The zero-order valence-electron chi connectivity index (χ0n) is 8.55. The van der Waals surface area contributed by atoms with E-state index < -0.39 is 0 Å². The molecule has 0 amide bonds. The van der Waals surface area contributed by atoms with Crippen LogP contribution in [0.5, 0.6) is 0 Å². The maximum atomic E-state index is 12.7. The van der Waals surface area contributed by atoms with E-state index in [0.717, 1.165) is 9.90 Å². The summed E-state index contributed by atoms with van der Waals surface area (Å²) in [5.41, 5.74) is 6.55. The molecule has 2 aromatic rings. The Labute approximate surface area is 101 Å². The van der Waals surface area contributed by atoms with Gasteiger partial charge in [0, 0.05) is 5.25 Å². The van der Waals surface area contributed by atoms with Gasteiger partial charge in [-0.2, -0.15) is 0 Å².